The number of nitriles is 1. The van der Waals surface area contributed by atoms with Gasteiger partial charge in [-0.15, -0.1) is 0 Å². The molecule has 20 heteroatoms. The first-order valence-electron chi connectivity index (χ1n) is 22.7. The number of aromatic nitrogens is 2. The van der Waals surface area contributed by atoms with Gasteiger partial charge in [0, 0.05) is 69.2 Å². The Balaban J connectivity index is 0.733. The number of piperidine rings is 3. The Kier molecular flexibility index (Phi) is 12.1. The summed E-state index contributed by atoms with van der Waals surface area (Å²) in [4.78, 5) is 61.8. The van der Waals surface area contributed by atoms with E-state index in [1.165, 1.54) is 29.1 Å². The first-order valence-corrected chi connectivity index (χ1v) is 24.1. The van der Waals surface area contributed by atoms with Crippen LogP contribution in [0.1, 0.15) is 66.4 Å². The lowest BCUT2D eigenvalue weighted by Gasteiger charge is -2.38. The third kappa shape index (κ3) is 8.84. The van der Waals surface area contributed by atoms with Gasteiger partial charge in [0.05, 0.1) is 34.5 Å². The summed E-state index contributed by atoms with van der Waals surface area (Å²) in [5.74, 6) is -2.38. The molecule has 2 N–H and O–H groups in total. The lowest BCUT2D eigenvalue weighted by atomic mass is 10.0. The SMILES string of the molecule is N#Cc1c(NS(=O)(=O)N2CC[C@@H](F)C2)ccc(F)c1Oc1ccc2ncn(-c3ccc(N4CCC(OC5CCN(c6ccc7c(c6)CN(C6CCC(=O)NC6=O)C7=O)CC5)CC4)cc3)c(=O)c2c1. The molecule has 0 saturated carbocycles. The van der Waals surface area contributed by atoms with Gasteiger partial charge in [-0.2, -0.15) is 18.0 Å². The molecule has 0 radical (unpaired) electrons. The van der Waals surface area contributed by atoms with Gasteiger partial charge in [0.25, 0.3) is 11.5 Å². The largest absolute Gasteiger partial charge is 0.453 e. The second kappa shape index (κ2) is 18.3. The number of halogens is 2. The molecule has 4 aromatic carbocycles. The number of hydrogen-bond acceptors (Lipinski definition) is 12. The maximum absolute atomic E-state index is 15.2. The van der Waals surface area contributed by atoms with Crippen molar-refractivity contribution in [3.8, 4) is 23.3 Å². The molecule has 2 atom stereocenters. The molecule has 68 heavy (non-hydrogen) atoms. The molecule has 0 bridgehead atoms. The average molecular weight is 948 g/mol. The highest BCUT2D eigenvalue weighted by Crippen LogP contribution is 2.36. The summed E-state index contributed by atoms with van der Waals surface area (Å²) in [7, 11) is -4.24. The molecule has 0 aliphatic carbocycles. The maximum atomic E-state index is 15.2. The number of rotatable bonds is 11. The zero-order valence-electron chi connectivity index (χ0n) is 36.8. The molecule has 10 rings (SSSR count). The predicted octanol–water partition coefficient (Wildman–Crippen LogP) is 5.30. The van der Waals surface area contributed by atoms with Crippen LogP contribution >= 0.6 is 0 Å². The minimum absolute atomic E-state index is 0.00924. The number of nitrogens with zero attached hydrogens (tertiary/aromatic N) is 7. The molecule has 1 unspecified atom stereocenters. The van der Waals surface area contributed by atoms with E-state index >= 15 is 4.39 Å². The summed E-state index contributed by atoms with van der Waals surface area (Å²) in [6, 6.07) is 21.0. The van der Waals surface area contributed by atoms with Crippen molar-refractivity contribution < 1.29 is 41.1 Å². The number of carbonyl (C=O) groups is 3. The Hall–Kier alpha value is -6.95. The highest BCUT2D eigenvalue weighted by molar-refractivity contribution is 7.90. The highest BCUT2D eigenvalue weighted by Gasteiger charge is 2.40. The van der Waals surface area contributed by atoms with Gasteiger partial charge >= 0.3 is 10.2 Å². The molecule has 4 saturated heterocycles. The van der Waals surface area contributed by atoms with Crippen LogP contribution < -0.4 is 30.1 Å². The number of hydrogen-bond donors (Lipinski definition) is 2. The summed E-state index contributed by atoms with van der Waals surface area (Å²) in [5, 5.41) is 12.5. The van der Waals surface area contributed by atoms with E-state index in [1.807, 2.05) is 42.5 Å². The van der Waals surface area contributed by atoms with E-state index in [0.717, 1.165) is 85.2 Å². The normalized spacial score (nSPS) is 20.7. The molecule has 6 heterocycles. The summed E-state index contributed by atoms with van der Waals surface area (Å²) in [6.45, 7) is 3.20. The lowest BCUT2D eigenvalue weighted by Crippen LogP contribution is -2.52. The molecule has 5 aliphatic heterocycles. The maximum Gasteiger partial charge on any atom is 0.301 e. The Bertz CT molecular complexity index is 3040. The van der Waals surface area contributed by atoms with Gasteiger partial charge < -0.3 is 24.2 Å². The second-order valence-corrected chi connectivity index (χ2v) is 19.4. The summed E-state index contributed by atoms with van der Waals surface area (Å²) in [6.07, 6.45) is 4.46. The Morgan fingerprint density at radius 3 is 2.18 bits per heavy atom. The first-order chi connectivity index (χ1) is 32.8. The van der Waals surface area contributed by atoms with Crippen LogP contribution in [0.3, 0.4) is 0 Å². The molecule has 5 aromatic rings. The van der Waals surface area contributed by atoms with E-state index in [0.29, 0.717) is 29.7 Å². The van der Waals surface area contributed by atoms with Crippen molar-refractivity contribution in [3.05, 3.63) is 112 Å². The van der Waals surface area contributed by atoms with Crippen LogP contribution in [0.5, 0.6) is 11.5 Å². The quantitative estimate of drug-likeness (QED) is 0.162. The van der Waals surface area contributed by atoms with Gasteiger partial charge in [-0.25, -0.2) is 13.8 Å². The monoisotopic (exact) mass is 947 g/mol. The van der Waals surface area contributed by atoms with Gasteiger partial charge in [-0.1, -0.05) is 0 Å². The molecule has 17 nitrogen and oxygen atoms in total. The highest BCUT2D eigenvalue weighted by atomic mass is 32.2. The number of carbonyl (C=O) groups excluding carboxylic acids is 3. The lowest BCUT2D eigenvalue weighted by molar-refractivity contribution is -0.136. The van der Waals surface area contributed by atoms with Crippen molar-refractivity contribution >= 4 is 55.9 Å². The number of fused-ring (bicyclic) bond motifs is 2. The molecule has 1 aromatic heterocycles. The third-order valence-electron chi connectivity index (χ3n) is 13.5. The number of nitrogens with one attached hydrogen (secondary N) is 2. The van der Waals surface area contributed by atoms with Gasteiger partial charge in [0.2, 0.25) is 11.8 Å². The van der Waals surface area contributed by atoms with Gasteiger partial charge in [0.1, 0.15) is 35.9 Å². The van der Waals surface area contributed by atoms with Crippen LogP contribution in [0.4, 0.5) is 25.8 Å². The molecule has 5 aliphatic rings. The van der Waals surface area contributed by atoms with E-state index in [2.05, 4.69) is 24.8 Å². The van der Waals surface area contributed by atoms with Crippen LogP contribution in [0, 0.1) is 17.1 Å². The Morgan fingerprint density at radius 1 is 0.809 bits per heavy atom. The number of amides is 3. The number of benzene rings is 4. The molecule has 0 spiro atoms. The van der Waals surface area contributed by atoms with E-state index in [1.54, 1.807) is 11.0 Å². The fourth-order valence-electron chi connectivity index (χ4n) is 9.78. The van der Waals surface area contributed by atoms with Crippen molar-refractivity contribution in [2.45, 2.75) is 75.9 Å². The molecule has 3 amide bonds. The second-order valence-electron chi connectivity index (χ2n) is 17.7. The summed E-state index contributed by atoms with van der Waals surface area (Å²) >= 11 is 0. The fraction of sp³-hybridized carbons (Fsp3) is 0.375. The third-order valence-corrected chi connectivity index (χ3v) is 15.0. The minimum atomic E-state index is -4.24. The van der Waals surface area contributed by atoms with Crippen molar-refractivity contribution in [1.82, 2.24) is 24.1 Å². The van der Waals surface area contributed by atoms with Crippen LogP contribution in [-0.4, -0.2) is 109 Å². The van der Waals surface area contributed by atoms with Crippen LogP contribution in [0.2, 0.25) is 0 Å². The van der Waals surface area contributed by atoms with E-state index < -0.39 is 51.0 Å². The van der Waals surface area contributed by atoms with Crippen LogP contribution in [-0.2, 0) is 31.1 Å². The Labute approximate surface area is 390 Å². The summed E-state index contributed by atoms with van der Waals surface area (Å²) in [5.41, 5.74) is 3.36. The molecular weight excluding hydrogens is 901 g/mol. The minimum Gasteiger partial charge on any atom is -0.453 e. The molecular formula is C48H47F2N9O8S. The number of imide groups is 1. The number of alkyl halides is 1. The first kappa shape index (κ1) is 44.9. The van der Waals surface area contributed by atoms with Crippen molar-refractivity contribution in [3.63, 3.8) is 0 Å². The molecule has 4 fully saturated rings. The van der Waals surface area contributed by atoms with E-state index in [4.69, 9.17) is 9.47 Å². The zero-order valence-corrected chi connectivity index (χ0v) is 37.6. The van der Waals surface area contributed by atoms with Gasteiger partial charge in [0.15, 0.2) is 11.6 Å². The zero-order chi connectivity index (χ0) is 47.3. The van der Waals surface area contributed by atoms with Crippen molar-refractivity contribution in [2.75, 3.05) is 53.8 Å². The van der Waals surface area contributed by atoms with Crippen molar-refractivity contribution in [2.24, 2.45) is 0 Å². The standard InChI is InChI=1S/C48H47F2N9O8S/c49-30-13-22-57(27-30)68(64,65)54-42-10-8-40(50)45(39(42)25-51)67-36-6-9-41-38(24-36)48(63)59(28-52-41)32-3-1-31(2-4-32)55-18-14-34(15-19-55)66-35-16-20-56(21-17-35)33-5-7-37-29(23-33)26-58(47(37)62)43-11-12-44(60)53-46(43)61/h1-10,23-24,28,30,34-35,43,54H,11-22,26-27H2,(H,53,60,61)/t30-,43?/m1/s1. The van der Waals surface area contributed by atoms with Gasteiger partial charge in [-0.05, 0) is 117 Å². The molecule has 352 valence electrons. The van der Waals surface area contributed by atoms with Gasteiger partial charge in [-0.3, -0.25) is 33.8 Å². The fourth-order valence-corrected chi connectivity index (χ4v) is 11.1. The smallest absolute Gasteiger partial charge is 0.301 e. The Morgan fingerprint density at radius 2 is 1.50 bits per heavy atom. The van der Waals surface area contributed by atoms with E-state index in [-0.39, 0.29) is 66.8 Å². The number of ether oxygens (including phenoxy) is 2. The van der Waals surface area contributed by atoms with Crippen LogP contribution in [0.15, 0.2) is 83.9 Å². The number of anilines is 3. The van der Waals surface area contributed by atoms with Crippen molar-refractivity contribution in [1.29, 1.82) is 5.26 Å². The predicted molar refractivity (Wildman–Crippen MR) is 246 cm³/mol. The van der Waals surface area contributed by atoms with Crippen LogP contribution in [0.25, 0.3) is 16.6 Å². The summed E-state index contributed by atoms with van der Waals surface area (Å²) < 4.78 is 71.8. The van der Waals surface area contributed by atoms with E-state index in [9.17, 15) is 37.2 Å². The topological polar surface area (TPSA) is 200 Å². The average Bonchev–Trinajstić information content (AvgIpc) is 3.93.